The fourth-order valence-electron chi connectivity index (χ4n) is 1.81. The number of rotatable bonds is 3. The topological polar surface area (TPSA) is 34.4 Å². The average molecular weight is 284 g/mol. The van der Waals surface area contributed by atoms with Crippen molar-refractivity contribution in [2.75, 3.05) is 0 Å². The van der Waals surface area contributed by atoms with Gasteiger partial charge in [0.15, 0.2) is 0 Å². The van der Waals surface area contributed by atoms with Gasteiger partial charge >= 0.3 is 0 Å². The molecule has 0 aliphatic carbocycles. The molecular formula is C17H17FN2O. The van der Waals surface area contributed by atoms with Crippen molar-refractivity contribution < 1.29 is 9.18 Å². The first-order valence-corrected chi connectivity index (χ1v) is 6.76. The third kappa shape index (κ3) is 4.24. The van der Waals surface area contributed by atoms with Crippen LogP contribution in [0.4, 0.5) is 4.39 Å². The Kier molecular flexibility index (Phi) is 4.82. The van der Waals surface area contributed by atoms with Gasteiger partial charge in [-0.3, -0.25) is 14.4 Å². The largest absolute Gasteiger partial charge is 0.269 e. The van der Waals surface area contributed by atoms with E-state index in [1.807, 2.05) is 19.9 Å². The quantitative estimate of drug-likeness (QED) is 0.796. The number of carbonyl (C=O) groups is 1. The number of halogens is 1. The molecule has 0 atom stereocenters. The van der Waals surface area contributed by atoms with Crippen LogP contribution in [-0.4, -0.2) is 16.5 Å². The summed E-state index contributed by atoms with van der Waals surface area (Å²) in [5.41, 5.74) is 1.38. The van der Waals surface area contributed by atoms with Gasteiger partial charge in [-0.1, -0.05) is 18.2 Å². The zero-order valence-electron chi connectivity index (χ0n) is 12.0. The molecule has 4 heteroatoms. The van der Waals surface area contributed by atoms with Crippen molar-refractivity contribution in [1.29, 1.82) is 0 Å². The maximum Gasteiger partial charge on any atom is 0.256 e. The van der Waals surface area contributed by atoms with Gasteiger partial charge in [0.2, 0.25) is 0 Å². The SMILES string of the molecule is CC(C)N=c1ccccn1C(=O)C=Cc1ccc(F)cc1. The fraction of sp³-hybridized carbons (Fsp3) is 0.176. The second-order valence-electron chi connectivity index (χ2n) is 4.87. The van der Waals surface area contributed by atoms with Crippen LogP contribution in [0.2, 0.25) is 0 Å². The number of aromatic nitrogens is 1. The number of allylic oxidation sites excluding steroid dienone is 1. The van der Waals surface area contributed by atoms with Crippen LogP contribution in [-0.2, 0) is 0 Å². The maximum absolute atomic E-state index is 12.8. The van der Waals surface area contributed by atoms with E-state index in [4.69, 9.17) is 0 Å². The van der Waals surface area contributed by atoms with Gasteiger partial charge in [0, 0.05) is 18.3 Å². The molecule has 0 spiro atoms. The lowest BCUT2D eigenvalue weighted by atomic mass is 10.2. The average Bonchev–Trinajstić information content (AvgIpc) is 2.46. The van der Waals surface area contributed by atoms with Crippen molar-refractivity contribution in [2.24, 2.45) is 4.99 Å². The highest BCUT2D eigenvalue weighted by Gasteiger charge is 2.01. The molecule has 0 radical (unpaired) electrons. The first kappa shape index (κ1) is 14.9. The zero-order chi connectivity index (χ0) is 15.2. The van der Waals surface area contributed by atoms with Crippen molar-refractivity contribution in [3.8, 4) is 0 Å². The van der Waals surface area contributed by atoms with Crippen LogP contribution in [0.3, 0.4) is 0 Å². The second kappa shape index (κ2) is 6.79. The van der Waals surface area contributed by atoms with E-state index in [-0.39, 0.29) is 17.8 Å². The van der Waals surface area contributed by atoms with Gasteiger partial charge in [-0.2, -0.15) is 0 Å². The Morgan fingerprint density at radius 3 is 2.57 bits per heavy atom. The number of benzene rings is 1. The van der Waals surface area contributed by atoms with E-state index in [1.54, 1.807) is 36.5 Å². The van der Waals surface area contributed by atoms with Gasteiger partial charge < -0.3 is 0 Å². The standard InChI is InChI=1S/C17H17FN2O/c1-13(2)19-16-5-3-4-12-20(16)17(21)11-8-14-6-9-15(18)10-7-14/h3-13H,1-2H3. The molecule has 3 nitrogen and oxygen atoms in total. The van der Waals surface area contributed by atoms with Gasteiger partial charge in [-0.25, -0.2) is 4.39 Å². The molecule has 0 aliphatic rings. The van der Waals surface area contributed by atoms with Gasteiger partial charge in [0.25, 0.3) is 5.91 Å². The lowest BCUT2D eigenvalue weighted by Gasteiger charge is -2.04. The minimum atomic E-state index is -0.297. The smallest absolute Gasteiger partial charge is 0.256 e. The fourth-order valence-corrected chi connectivity index (χ4v) is 1.81. The molecule has 1 heterocycles. The highest BCUT2D eigenvalue weighted by molar-refractivity contribution is 5.93. The first-order chi connectivity index (χ1) is 10.1. The van der Waals surface area contributed by atoms with Crippen LogP contribution in [0.25, 0.3) is 6.08 Å². The molecule has 1 aromatic heterocycles. The maximum atomic E-state index is 12.8. The van der Waals surface area contributed by atoms with Crippen LogP contribution >= 0.6 is 0 Å². The third-order valence-electron chi connectivity index (χ3n) is 2.75. The Morgan fingerprint density at radius 1 is 1.19 bits per heavy atom. The van der Waals surface area contributed by atoms with Crippen LogP contribution in [0.5, 0.6) is 0 Å². The van der Waals surface area contributed by atoms with Crippen LogP contribution in [0.15, 0.2) is 59.7 Å². The van der Waals surface area contributed by atoms with E-state index in [0.29, 0.717) is 5.49 Å². The Hall–Kier alpha value is -2.49. The van der Waals surface area contributed by atoms with E-state index < -0.39 is 0 Å². The summed E-state index contributed by atoms with van der Waals surface area (Å²) in [7, 11) is 0. The first-order valence-electron chi connectivity index (χ1n) is 6.76. The molecule has 2 aromatic rings. The highest BCUT2D eigenvalue weighted by Crippen LogP contribution is 2.04. The number of pyridine rings is 1. The minimum absolute atomic E-state index is 0.104. The summed E-state index contributed by atoms with van der Waals surface area (Å²) in [5.74, 6) is -0.492. The summed E-state index contributed by atoms with van der Waals surface area (Å²) in [5, 5.41) is 0. The molecule has 1 aromatic carbocycles. The number of hydrogen-bond donors (Lipinski definition) is 0. The van der Waals surface area contributed by atoms with E-state index in [1.165, 1.54) is 22.8 Å². The summed E-state index contributed by atoms with van der Waals surface area (Å²) < 4.78 is 14.3. The molecule has 0 unspecified atom stereocenters. The van der Waals surface area contributed by atoms with Crippen molar-refractivity contribution >= 4 is 12.0 Å². The monoisotopic (exact) mass is 284 g/mol. The van der Waals surface area contributed by atoms with Crippen molar-refractivity contribution in [1.82, 2.24) is 4.57 Å². The predicted octanol–water partition coefficient (Wildman–Crippen LogP) is 3.29. The summed E-state index contributed by atoms with van der Waals surface area (Å²) in [6, 6.07) is 11.5. The Morgan fingerprint density at radius 2 is 1.90 bits per heavy atom. The normalized spacial score (nSPS) is 12.3. The molecular weight excluding hydrogens is 267 g/mol. The van der Waals surface area contributed by atoms with Gasteiger partial charge in [-0.15, -0.1) is 0 Å². The Balaban J connectivity index is 2.27. The summed E-state index contributed by atoms with van der Waals surface area (Å²) in [6.45, 7) is 3.91. The number of carbonyl (C=O) groups excluding carboxylic acids is 1. The third-order valence-corrected chi connectivity index (χ3v) is 2.75. The molecule has 0 N–H and O–H groups in total. The summed E-state index contributed by atoms with van der Waals surface area (Å²) in [4.78, 5) is 16.6. The van der Waals surface area contributed by atoms with Crippen LogP contribution in [0, 0.1) is 5.82 Å². The Labute approximate surface area is 123 Å². The second-order valence-corrected chi connectivity index (χ2v) is 4.87. The van der Waals surface area contributed by atoms with Gasteiger partial charge in [-0.05, 0) is 49.8 Å². The molecule has 2 rings (SSSR count). The molecule has 0 saturated heterocycles. The Bertz CT molecular complexity index is 712. The van der Waals surface area contributed by atoms with E-state index in [9.17, 15) is 9.18 Å². The molecule has 0 aliphatic heterocycles. The van der Waals surface area contributed by atoms with Gasteiger partial charge in [0.05, 0.1) is 0 Å². The molecule has 0 bridgehead atoms. The van der Waals surface area contributed by atoms with Crippen molar-refractivity contribution in [3.05, 3.63) is 71.6 Å². The summed E-state index contributed by atoms with van der Waals surface area (Å²) in [6.07, 6.45) is 4.78. The molecule has 0 saturated carbocycles. The number of hydrogen-bond acceptors (Lipinski definition) is 2. The molecule has 21 heavy (non-hydrogen) atoms. The van der Waals surface area contributed by atoms with Crippen molar-refractivity contribution in [2.45, 2.75) is 19.9 Å². The molecule has 0 amide bonds. The lowest BCUT2D eigenvalue weighted by molar-refractivity contribution is 0.0964. The van der Waals surface area contributed by atoms with Crippen LogP contribution in [0.1, 0.15) is 24.2 Å². The summed E-state index contributed by atoms with van der Waals surface area (Å²) >= 11 is 0. The van der Waals surface area contributed by atoms with Crippen LogP contribution < -0.4 is 5.49 Å². The molecule has 108 valence electrons. The minimum Gasteiger partial charge on any atom is -0.269 e. The lowest BCUT2D eigenvalue weighted by Crippen LogP contribution is -2.26. The molecule has 0 fully saturated rings. The predicted molar refractivity (Wildman–Crippen MR) is 81.2 cm³/mol. The van der Waals surface area contributed by atoms with E-state index in [0.717, 1.165) is 5.56 Å². The van der Waals surface area contributed by atoms with Crippen molar-refractivity contribution in [3.63, 3.8) is 0 Å². The van der Waals surface area contributed by atoms with E-state index >= 15 is 0 Å². The highest BCUT2D eigenvalue weighted by atomic mass is 19.1. The zero-order valence-corrected chi connectivity index (χ0v) is 12.0. The van der Waals surface area contributed by atoms with Gasteiger partial charge in [0.1, 0.15) is 11.3 Å². The van der Waals surface area contributed by atoms with E-state index in [2.05, 4.69) is 4.99 Å². The number of nitrogens with zero attached hydrogens (tertiary/aromatic N) is 2.